The number of nitrogens with zero attached hydrogens (tertiary/aromatic N) is 5. The van der Waals surface area contributed by atoms with Gasteiger partial charge in [-0.1, -0.05) is 13.8 Å². The summed E-state index contributed by atoms with van der Waals surface area (Å²) in [7, 11) is 0. The van der Waals surface area contributed by atoms with Crippen molar-refractivity contribution in [3.63, 3.8) is 0 Å². The van der Waals surface area contributed by atoms with Gasteiger partial charge in [-0.05, 0) is 66.5 Å². The molecule has 2 unspecified atom stereocenters. The first kappa shape index (κ1) is 20.9. The second kappa shape index (κ2) is 7.67. The van der Waals surface area contributed by atoms with Crippen molar-refractivity contribution in [1.29, 1.82) is 0 Å². The van der Waals surface area contributed by atoms with Crippen LogP contribution in [0, 0.1) is 17.3 Å². The number of nitrogens with one attached hydrogen (secondary N) is 1. The molecule has 2 aromatic heterocycles. The molecule has 0 bridgehead atoms. The van der Waals surface area contributed by atoms with E-state index in [-0.39, 0.29) is 5.91 Å². The molecular weight excluding hydrogens is 412 g/mol. The Hall–Kier alpha value is -2.70. The Morgan fingerprint density at radius 2 is 1.70 bits per heavy atom. The summed E-state index contributed by atoms with van der Waals surface area (Å²) in [6.07, 6.45) is 8.18. The molecule has 1 amide bonds. The number of carbonyl (C=O) groups is 1. The van der Waals surface area contributed by atoms with E-state index in [4.69, 9.17) is 4.98 Å². The number of hydrogen-bond donors (Lipinski definition) is 1. The number of fused-ring (bicyclic) bond motifs is 1. The van der Waals surface area contributed by atoms with Crippen LogP contribution in [0.1, 0.15) is 69.5 Å². The number of hydrogen-bond acceptors (Lipinski definition) is 6. The summed E-state index contributed by atoms with van der Waals surface area (Å²) in [6, 6.07) is 4.47. The summed E-state index contributed by atoms with van der Waals surface area (Å²) >= 11 is 0. The van der Waals surface area contributed by atoms with E-state index >= 15 is 0 Å². The molecule has 6 rings (SSSR count). The van der Waals surface area contributed by atoms with Gasteiger partial charge in [0.15, 0.2) is 0 Å². The highest BCUT2D eigenvalue weighted by Crippen LogP contribution is 2.62. The van der Waals surface area contributed by atoms with E-state index in [2.05, 4.69) is 46.2 Å². The van der Waals surface area contributed by atoms with Crippen LogP contribution in [0.25, 0.3) is 0 Å². The Morgan fingerprint density at radius 1 is 0.970 bits per heavy atom. The molecule has 4 fully saturated rings. The first-order valence-electron chi connectivity index (χ1n) is 12.5. The molecule has 2 aromatic rings. The van der Waals surface area contributed by atoms with Crippen molar-refractivity contribution in [2.75, 3.05) is 36.4 Å². The van der Waals surface area contributed by atoms with Crippen molar-refractivity contribution in [1.82, 2.24) is 19.9 Å². The van der Waals surface area contributed by atoms with Crippen LogP contribution >= 0.6 is 0 Å². The zero-order chi connectivity index (χ0) is 22.7. The van der Waals surface area contributed by atoms with E-state index in [1.54, 1.807) is 6.92 Å². The van der Waals surface area contributed by atoms with Crippen LogP contribution in [0.15, 0.2) is 24.5 Å². The first-order chi connectivity index (χ1) is 15.9. The van der Waals surface area contributed by atoms with Crippen LogP contribution < -0.4 is 10.2 Å². The fourth-order valence-electron chi connectivity index (χ4n) is 5.97. The van der Waals surface area contributed by atoms with Crippen molar-refractivity contribution in [2.24, 2.45) is 17.3 Å². The van der Waals surface area contributed by atoms with Crippen LogP contribution in [0.4, 0.5) is 17.5 Å². The Balaban J connectivity index is 1.24. The molecule has 2 aliphatic carbocycles. The van der Waals surface area contributed by atoms with E-state index in [0.29, 0.717) is 17.3 Å². The molecular formula is C26H34N6O. The number of likely N-dealkylation sites (tertiary alicyclic amines) is 1. The number of carbonyl (C=O) groups excluding carboxylic acids is 1. The molecule has 0 aromatic carbocycles. The van der Waals surface area contributed by atoms with Crippen molar-refractivity contribution < 1.29 is 4.79 Å². The lowest BCUT2D eigenvalue weighted by Crippen LogP contribution is -2.36. The zero-order valence-electron chi connectivity index (χ0n) is 19.9. The molecule has 0 radical (unpaired) electrons. The van der Waals surface area contributed by atoms with Gasteiger partial charge in [-0.2, -0.15) is 0 Å². The van der Waals surface area contributed by atoms with E-state index < -0.39 is 0 Å². The van der Waals surface area contributed by atoms with Crippen LogP contribution in [0.5, 0.6) is 0 Å². The Kier molecular flexibility index (Phi) is 4.85. The smallest absolute Gasteiger partial charge is 0.219 e. The molecule has 2 saturated carbocycles. The predicted molar refractivity (Wildman–Crippen MR) is 129 cm³/mol. The summed E-state index contributed by atoms with van der Waals surface area (Å²) in [5, 5.41) is 3.42. The van der Waals surface area contributed by atoms with Gasteiger partial charge in [0.1, 0.15) is 17.5 Å². The highest BCUT2D eigenvalue weighted by atomic mass is 16.2. The van der Waals surface area contributed by atoms with Crippen LogP contribution in [0.2, 0.25) is 0 Å². The molecule has 4 heterocycles. The molecule has 7 heteroatoms. The summed E-state index contributed by atoms with van der Waals surface area (Å²) in [6.45, 7) is 10.3. The first-order valence-corrected chi connectivity index (χ1v) is 12.5. The molecule has 2 saturated heterocycles. The fourth-order valence-corrected chi connectivity index (χ4v) is 5.97. The molecule has 1 N–H and O–H groups in total. The quantitative estimate of drug-likeness (QED) is 0.738. The predicted octanol–water partition coefficient (Wildman–Crippen LogP) is 4.31. The average molecular weight is 447 g/mol. The molecule has 4 aliphatic rings. The third kappa shape index (κ3) is 3.96. The second-order valence-corrected chi connectivity index (χ2v) is 11.1. The number of pyridine rings is 1. The van der Waals surface area contributed by atoms with Crippen molar-refractivity contribution in [2.45, 2.75) is 58.3 Å². The Bertz CT molecular complexity index is 1040. The lowest BCUT2D eigenvalue weighted by molar-refractivity contribution is -0.129. The van der Waals surface area contributed by atoms with Gasteiger partial charge < -0.3 is 15.1 Å². The van der Waals surface area contributed by atoms with Gasteiger partial charge in [0.2, 0.25) is 5.91 Å². The summed E-state index contributed by atoms with van der Waals surface area (Å²) in [5.74, 6) is 5.42. The van der Waals surface area contributed by atoms with Gasteiger partial charge in [-0.15, -0.1) is 0 Å². The third-order valence-electron chi connectivity index (χ3n) is 8.62. The standard InChI is InChI=1S/C26H34N6O/c1-16(33)31-8-6-17(7-9-31)19-10-23(29-24-13-27-22(12-28-24)18-4-5-18)30-25(11-19)32-14-20-21(15-32)26(20,2)3/h10-13,17-18,20-21H,4-9,14-15H2,1-3H3,(H,28,29,30). The largest absolute Gasteiger partial charge is 0.356 e. The number of aromatic nitrogens is 3. The maximum Gasteiger partial charge on any atom is 0.219 e. The molecule has 2 atom stereocenters. The summed E-state index contributed by atoms with van der Waals surface area (Å²) in [4.78, 5) is 30.4. The highest BCUT2D eigenvalue weighted by Gasteiger charge is 2.62. The Labute approximate surface area is 196 Å². The molecule has 7 nitrogen and oxygen atoms in total. The van der Waals surface area contributed by atoms with E-state index in [9.17, 15) is 4.79 Å². The zero-order valence-corrected chi connectivity index (χ0v) is 19.9. The van der Waals surface area contributed by atoms with E-state index in [1.165, 1.54) is 18.4 Å². The normalized spacial score (nSPS) is 26.3. The molecule has 2 aliphatic heterocycles. The van der Waals surface area contributed by atoms with Gasteiger partial charge in [-0.25, -0.2) is 9.97 Å². The monoisotopic (exact) mass is 446 g/mol. The lowest BCUT2D eigenvalue weighted by Gasteiger charge is -2.32. The van der Waals surface area contributed by atoms with E-state index in [1.807, 2.05) is 17.3 Å². The molecule has 0 spiro atoms. The minimum absolute atomic E-state index is 0.179. The van der Waals surface area contributed by atoms with Crippen LogP contribution in [-0.4, -0.2) is 51.9 Å². The van der Waals surface area contributed by atoms with Gasteiger partial charge in [-0.3, -0.25) is 9.78 Å². The minimum atomic E-state index is 0.179. The summed E-state index contributed by atoms with van der Waals surface area (Å²) in [5.41, 5.74) is 2.89. The van der Waals surface area contributed by atoms with Crippen LogP contribution in [-0.2, 0) is 4.79 Å². The lowest BCUT2D eigenvalue weighted by atomic mass is 9.89. The summed E-state index contributed by atoms with van der Waals surface area (Å²) < 4.78 is 0. The molecule has 174 valence electrons. The minimum Gasteiger partial charge on any atom is -0.356 e. The fraction of sp³-hybridized carbons (Fsp3) is 0.615. The number of rotatable bonds is 5. The SMILES string of the molecule is CC(=O)N1CCC(c2cc(Nc3cnc(C4CC4)cn3)nc(N3CC4C(C3)C4(C)C)c2)CC1. The van der Waals surface area contributed by atoms with Crippen molar-refractivity contribution in [3.8, 4) is 0 Å². The van der Waals surface area contributed by atoms with Crippen molar-refractivity contribution >= 4 is 23.4 Å². The topological polar surface area (TPSA) is 74.2 Å². The van der Waals surface area contributed by atoms with Crippen LogP contribution in [0.3, 0.4) is 0 Å². The number of anilines is 3. The van der Waals surface area contributed by atoms with Gasteiger partial charge >= 0.3 is 0 Å². The second-order valence-electron chi connectivity index (χ2n) is 11.1. The van der Waals surface area contributed by atoms with Gasteiger partial charge in [0.05, 0.1) is 18.1 Å². The average Bonchev–Trinajstić information content (AvgIpc) is 3.67. The van der Waals surface area contributed by atoms with Gasteiger partial charge in [0.25, 0.3) is 0 Å². The maximum atomic E-state index is 11.8. The number of amides is 1. The Morgan fingerprint density at radius 3 is 2.30 bits per heavy atom. The van der Waals surface area contributed by atoms with Crippen molar-refractivity contribution in [3.05, 3.63) is 35.8 Å². The third-order valence-corrected chi connectivity index (χ3v) is 8.62. The van der Waals surface area contributed by atoms with E-state index in [0.717, 1.165) is 74.0 Å². The maximum absolute atomic E-state index is 11.8. The number of piperidine rings is 2. The molecule has 33 heavy (non-hydrogen) atoms. The van der Waals surface area contributed by atoms with Gasteiger partial charge in [0, 0.05) is 39.0 Å². The highest BCUT2D eigenvalue weighted by molar-refractivity contribution is 5.73.